The summed E-state index contributed by atoms with van der Waals surface area (Å²) >= 11 is 0. The predicted octanol–water partition coefficient (Wildman–Crippen LogP) is 1.94. The molecule has 0 amide bonds. The van der Waals surface area contributed by atoms with Gasteiger partial charge in [-0.05, 0) is 40.0 Å². The van der Waals surface area contributed by atoms with Gasteiger partial charge in [-0.1, -0.05) is 6.08 Å². The first-order valence-electron chi connectivity index (χ1n) is 5.57. The zero-order chi connectivity index (χ0) is 12.4. The van der Waals surface area contributed by atoms with Crippen molar-refractivity contribution in [3.8, 4) is 0 Å². The molecule has 0 saturated carbocycles. The van der Waals surface area contributed by atoms with Gasteiger partial charge in [-0.3, -0.25) is 0 Å². The van der Waals surface area contributed by atoms with Crippen LogP contribution in [0, 0.1) is 0 Å². The molecule has 4 nitrogen and oxygen atoms in total. The highest BCUT2D eigenvalue weighted by molar-refractivity contribution is 5.85. The molecule has 0 aliphatic heterocycles. The normalized spacial score (nSPS) is 26.9. The van der Waals surface area contributed by atoms with E-state index in [2.05, 4.69) is 5.32 Å². The van der Waals surface area contributed by atoms with Gasteiger partial charge in [0, 0.05) is 12.1 Å². The van der Waals surface area contributed by atoms with Crippen LogP contribution in [0.2, 0.25) is 0 Å². The average Bonchev–Trinajstić information content (AvgIpc) is 2.16. The maximum atomic E-state index is 9.91. The van der Waals surface area contributed by atoms with Crippen LogP contribution >= 0.6 is 24.8 Å². The van der Waals surface area contributed by atoms with Gasteiger partial charge in [-0.15, -0.1) is 24.8 Å². The fourth-order valence-electron chi connectivity index (χ4n) is 2.21. The van der Waals surface area contributed by atoms with Crippen LogP contribution < -0.4 is 11.1 Å². The van der Waals surface area contributed by atoms with Crippen molar-refractivity contribution in [2.75, 3.05) is 13.7 Å². The standard InChI is InChI=1S/C12H22N2O2.2ClH/c1-5-16-12(11(2,3)13)8-6-7-9(15)10(12)14-4;;/h6-8,10,14-15H,5,13H2,1-4H3;2*1H. The van der Waals surface area contributed by atoms with E-state index in [1.54, 1.807) is 19.2 Å². The molecule has 1 aliphatic carbocycles. The number of hydrogen-bond donors (Lipinski definition) is 3. The third kappa shape index (κ3) is 3.39. The Hall–Kier alpha value is -0.260. The minimum absolute atomic E-state index is 0. The molecule has 0 aromatic carbocycles. The number of aliphatic hydroxyl groups is 1. The largest absolute Gasteiger partial charge is 0.511 e. The van der Waals surface area contributed by atoms with Gasteiger partial charge in [-0.2, -0.15) is 0 Å². The van der Waals surface area contributed by atoms with Crippen molar-refractivity contribution >= 4 is 24.8 Å². The summed E-state index contributed by atoms with van der Waals surface area (Å²) in [6, 6.07) is -0.322. The van der Waals surface area contributed by atoms with Crippen LogP contribution in [-0.4, -0.2) is 35.9 Å². The van der Waals surface area contributed by atoms with Gasteiger partial charge in [0.25, 0.3) is 0 Å². The minimum atomic E-state index is -0.727. The summed E-state index contributed by atoms with van der Waals surface area (Å²) in [5, 5.41) is 13.0. The van der Waals surface area contributed by atoms with Crippen LogP contribution in [0.15, 0.2) is 24.0 Å². The lowest BCUT2D eigenvalue weighted by atomic mass is 9.74. The van der Waals surface area contributed by atoms with Crippen LogP contribution in [0.1, 0.15) is 20.8 Å². The number of aliphatic hydroxyl groups excluding tert-OH is 1. The van der Waals surface area contributed by atoms with Gasteiger partial charge in [0.1, 0.15) is 11.4 Å². The van der Waals surface area contributed by atoms with Crippen LogP contribution in [0.3, 0.4) is 0 Å². The summed E-state index contributed by atoms with van der Waals surface area (Å²) in [7, 11) is 1.79. The van der Waals surface area contributed by atoms with E-state index >= 15 is 0 Å². The maximum Gasteiger partial charge on any atom is 0.126 e. The van der Waals surface area contributed by atoms with Gasteiger partial charge in [-0.25, -0.2) is 0 Å². The molecule has 4 N–H and O–H groups in total. The zero-order valence-electron chi connectivity index (χ0n) is 11.3. The van der Waals surface area contributed by atoms with Crippen molar-refractivity contribution in [1.29, 1.82) is 0 Å². The van der Waals surface area contributed by atoms with E-state index in [1.807, 2.05) is 26.8 Å². The Balaban J connectivity index is 0. The Bertz CT molecular complexity index is 314. The third-order valence-corrected chi connectivity index (χ3v) is 3.01. The Kier molecular flexibility index (Phi) is 8.20. The Labute approximate surface area is 121 Å². The fraction of sp³-hybridized carbons (Fsp3) is 0.667. The molecular formula is C12H24Cl2N2O2. The van der Waals surface area contributed by atoms with E-state index in [1.165, 1.54) is 0 Å². The first-order valence-corrected chi connectivity index (χ1v) is 5.57. The quantitative estimate of drug-likeness (QED) is 0.742. The lowest BCUT2D eigenvalue weighted by Gasteiger charge is -2.47. The van der Waals surface area contributed by atoms with Crippen LogP contribution in [0.25, 0.3) is 0 Å². The molecule has 1 aliphatic rings. The summed E-state index contributed by atoms with van der Waals surface area (Å²) < 4.78 is 5.83. The number of hydrogen-bond acceptors (Lipinski definition) is 4. The molecule has 0 radical (unpaired) electrons. The summed E-state index contributed by atoms with van der Waals surface area (Å²) in [4.78, 5) is 0. The van der Waals surface area contributed by atoms with Crippen molar-refractivity contribution in [1.82, 2.24) is 5.32 Å². The van der Waals surface area contributed by atoms with Crippen molar-refractivity contribution in [3.63, 3.8) is 0 Å². The number of nitrogens with one attached hydrogen (secondary N) is 1. The summed E-state index contributed by atoms with van der Waals surface area (Å²) in [6.07, 6.45) is 5.36. The van der Waals surface area contributed by atoms with Crippen molar-refractivity contribution in [3.05, 3.63) is 24.0 Å². The van der Waals surface area contributed by atoms with E-state index in [9.17, 15) is 5.11 Å². The Morgan fingerprint density at radius 2 is 2.06 bits per heavy atom. The van der Waals surface area contributed by atoms with Crippen molar-refractivity contribution in [2.45, 2.75) is 38.0 Å². The molecule has 108 valence electrons. The van der Waals surface area contributed by atoms with E-state index in [0.717, 1.165) is 0 Å². The molecule has 0 aromatic rings. The minimum Gasteiger partial charge on any atom is -0.511 e. The molecular weight excluding hydrogens is 275 g/mol. The molecule has 0 fully saturated rings. The Morgan fingerprint density at radius 3 is 2.44 bits per heavy atom. The van der Waals surface area contributed by atoms with E-state index in [4.69, 9.17) is 10.5 Å². The summed E-state index contributed by atoms with van der Waals surface area (Å²) in [5.41, 5.74) is 4.88. The first kappa shape index (κ1) is 20.1. The predicted molar refractivity (Wildman–Crippen MR) is 79.8 cm³/mol. The monoisotopic (exact) mass is 298 g/mol. The van der Waals surface area contributed by atoms with Gasteiger partial charge in [0.15, 0.2) is 0 Å². The smallest absolute Gasteiger partial charge is 0.126 e. The highest BCUT2D eigenvalue weighted by Crippen LogP contribution is 2.34. The number of rotatable bonds is 4. The van der Waals surface area contributed by atoms with E-state index in [0.29, 0.717) is 6.61 Å². The molecule has 0 spiro atoms. The van der Waals surface area contributed by atoms with Gasteiger partial charge >= 0.3 is 0 Å². The highest BCUT2D eigenvalue weighted by Gasteiger charge is 2.50. The molecule has 0 bridgehead atoms. The lowest BCUT2D eigenvalue weighted by molar-refractivity contribution is -0.0713. The van der Waals surface area contributed by atoms with Crippen LogP contribution in [0.4, 0.5) is 0 Å². The molecule has 0 saturated heterocycles. The van der Waals surface area contributed by atoms with E-state index < -0.39 is 11.1 Å². The molecule has 0 aromatic heterocycles. The summed E-state index contributed by atoms with van der Waals surface area (Å²) in [5.74, 6) is 0.247. The summed E-state index contributed by atoms with van der Waals surface area (Å²) in [6.45, 7) is 6.26. The molecule has 18 heavy (non-hydrogen) atoms. The molecule has 2 unspecified atom stereocenters. The van der Waals surface area contributed by atoms with Crippen LogP contribution in [-0.2, 0) is 4.74 Å². The second-order valence-electron chi connectivity index (χ2n) is 4.62. The number of nitrogens with two attached hydrogens (primary N) is 1. The molecule has 0 heterocycles. The lowest BCUT2D eigenvalue weighted by Crippen LogP contribution is -2.67. The van der Waals surface area contributed by atoms with E-state index in [-0.39, 0.29) is 36.6 Å². The second kappa shape index (κ2) is 7.36. The zero-order valence-corrected chi connectivity index (χ0v) is 12.9. The fourth-order valence-corrected chi connectivity index (χ4v) is 2.21. The molecule has 2 atom stereocenters. The third-order valence-electron chi connectivity index (χ3n) is 3.01. The topological polar surface area (TPSA) is 67.5 Å². The number of ether oxygens (including phenoxy) is 1. The first-order chi connectivity index (χ1) is 7.39. The Morgan fingerprint density at radius 1 is 1.50 bits per heavy atom. The van der Waals surface area contributed by atoms with Gasteiger partial charge < -0.3 is 20.9 Å². The molecule has 6 heteroatoms. The SMILES string of the molecule is CCOC1(C(C)(C)N)C=CC=C(O)C1NC.Cl.Cl. The van der Waals surface area contributed by atoms with Crippen molar-refractivity contribution < 1.29 is 9.84 Å². The second-order valence-corrected chi connectivity index (χ2v) is 4.62. The van der Waals surface area contributed by atoms with Gasteiger partial charge in [0.05, 0.1) is 6.04 Å². The van der Waals surface area contributed by atoms with Gasteiger partial charge in [0.2, 0.25) is 0 Å². The number of allylic oxidation sites excluding steroid dienone is 2. The van der Waals surface area contributed by atoms with Crippen LogP contribution in [0.5, 0.6) is 0 Å². The number of likely N-dealkylation sites (N-methyl/N-ethyl adjacent to an activating group) is 1. The maximum absolute atomic E-state index is 9.91. The van der Waals surface area contributed by atoms with Crippen molar-refractivity contribution in [2.24, 2.45) is 5.73 Å². The average molecular weight is 299 g/mol. The molecule has 1 rings (SSSR count). The highest BCUT2D eigenvalue weighted by atomic mass is 35.5. The number of halogens is 2.